The lowest BCUT2D eigenvalue weighted by Gasteiger charge is -2.01. The first kappa shape index (κ1) is 14.7. The molecule has 2 N–H and O–H groups in total. The SMILES string of the molecule is Cc1ccsc1CNc1cc(O)c(C=C2C=Nc3ncccc32)o1. The van der Waals surface area contributed by atoms with Gasteiger partial charge in [-0.15, -0.1) is 11.3 Å². The maximum atomic E-state index is 10.1. The summed E-state index contributed by atoms with van der Waals surface area (Å²) < 4.78 is 5.71. The average Bonchev–Trinajstić information content (AvgIpc) is 3.27. The lowest BCUT2D eigenvalue weighted by Crippen LogP contribution is -1.96. The molecule has 3 aromatic heterocycles. The summed E-state index contributed by atoms with van der Waals surface area (Å²) in [5, 5.41) is 15.4. The zero-order valence-electron chi connectivity index (χ0n) is 13.0. The third kappa shape index (κ3) is 2.72. The molecular weight excluding hydrogens is 322 g/mol. The third-order valence-corrected chi connectivity index (χ3v) is 4.86. The van der Waals surface area contributed by atoms with E-state index in [1.54, 1.807) is 35.9 Å². The molecule has 1 aliphatic rings. The Kier molecular flexibility index (Phi) is 3.66. The molecule has 0 fully saturated rings. The maximum Gasteiger partial charge on any atom is 0.197 e. The number of furan rings is 1. The van der Waals surface area contributed by atoms with Crippen molar-refractivity contribution >= 4 is 40.9 Å². The number of pyridine rings is 1. The zero-order valence-corrected chi connectivity index (χ0v) is 13.8. The molecule has 0 unspecified atom stereocenters. The second-order valence-electron chi connectivity index (χ2n) is 5.47. The van der Waals surface area contributed by atoms with Gasteiger partial charge in [0.15, 0.2) is 23.2 Å². The molecule has 0 bridgehead atoms. The van der Waals surface area contributed by atoms with Crippen LogP contribution in [-0.2, 0) is 6.54 Å². The Morgan fingerprint density at radius 3 is 3.12 bits per heavy atom. The van der Waals surface area contributed by atoms with Crippen LogP contribution in [0.1, 0.15) is 21.8 Å². The van der Waals surface area contributed by atoms with Crippen LogP contribution in [0.3, 0.4) is 0 Å². The second kappa shape index (κ2) is 5.98. The van der Waals surface area contributed by atoms with E-state index >= 15 is 0 Å². The number of aromatic hydroxyl groups is 1. The number of fused-ring (bicyclic) bond motifs is 1. The van der Waals surface area contributed by atoms with E-state index in [1.807, 2.05) is 12.1 Å². The number of allylic oxidation sites excluding steroid dienone is 1. The first-order valence-corrected chi connectivity index (χ1v) is 8.39. The third-order valence-electron chi connectivity index (χ3n) is 3.84. The maximum absolute atomic E-state index is 10.1. The zero-order chi connectivity index (χ0) is 16.5. The molecular formula is C18H15N3O2S. The molecule has 3 aromatic rings. The van der Waals surface area contributed by atoms with Crippen molar-refractivity contribution in [3.63, 3.8) is 0 Å². The molecule has 0 aliphatic carbocycles. The summed E-state index contributed by atoms with van der Waals surface area (Å²) in [7, 11) is 0. The Morgan fingerprint density at radius 2 is 2.29 bits per heavy atom. The fourth-order valence-electron chi connectivity index (χ4n) is 2.52. The summed E-state index contributed by atoms with van der Waals surface area (Å²) in [5.74, 6) is 1.71. The number of aryl methyl sites for hydroxylation is 1. The van der Waals surface area contributed by atoms with Gasteiger partial charge in [-0.05, 0) is 42.1 Å². The van der Waals surface area contributed by atoms with Crippen molar-refractivity contribution in [2.24, 2.45) is 4.99 Å². The Bertz CT molecular complexity index is 953. The number of nitrogens with zero attached hydrogens (tertiary/aromatic N) is 2. The Labute approximate surface area is 143 Å². The first-order chi connectivity index (χ1) is 11.7. The molecule has 0 amide bonds. The smallest absolute Gasteiger partial charge is 0.197 e. The predicted molar refractivity (Wildman–Crippen MR) is 97.0 cm³/mol. The number of thiophene rings is 1. The van der Waals surface area contributed by atoms with Crippen LogP contribution >= 0.6 is 11.3 Å². The van der Waals surface area contributed by atoms with Crippen molar-refractivity contribution in [1.82, 2.24) is 4.98 Å². The molecule has 0 aromatic carbocycles. The van der Waals surface area contributed by atoms with Crippen LogP contribution in [0.2, 0.25) is 0 Å². The topological polar surface area (TPSA) is 70.7 Å². The molecule has 0 saturated carbocycles. The minimum absolute atomic E-state index is 0.0960. The van der Waals surface area contributed by atoms with E-state index in [1.165, 1.54) is 10.4 Å². The van der Waals surface area contributed by atoms with Gasteiger partial charge in [0.25, 0.3) is 0 Å². The van der Waals surface area contributed by atoms with Gasteiger partial charge in [0, 0.05) is 34.5 Å². The van der Waals surface area contributed by atoms with Crippen molar-refractivity contribution in [2.75, 3.05) is 5.32 Å². The van der Waals surface area contributed by atoms with Crippen LogP contribution < -0.4 is 5.32 Å². The van der Waals surface area contributed by atoms with Crippen LogP contribution in [0.25, 0.3) is 11.6 Å². The highest BCUT2D eigenvalue weighted by molar-refractivity contribution is 7.10. The van der Waals surface area contributed by atoms with Crippen molar-refractivity contribution in [2.45, 2.75) is 13.5 Å². The number of hydrogen-bond acceptors (Lipinski definition) is 6. The molecule has 4 rings (SSSR count). The number of hydrogen-bond donors (Lipinski definition) is 2. The van der Waals surface area contributed by atoms with E-state index in [0.29, 0.717) is 24.0 Å². The molecule has 6 heteroatoms. The molecule has 1 aliphatic heterocycles. The highest BCUT2D eigenvalue weighted by Gasteiger charge is 2.15. The lowest BCUT2D eigenvalue weighted by atomic mass is 10.1. The standard InChI is InChI=1S/C18H15N3O2S/c1-11-4-6-24-16(11)10-20-17-8-14(22)15(23-17)7-12-9-21-18-13(12)3-2-5-19-18/h2-9,20,22H,10H2,1H3. The van der Waals surface area contributed by atoms with E-state index in [4.69, 9.17) is 4.42 Å². The van der Waals surface area contributed by atoms with E-state index in [-0.39, 0.29) is 5.75 Å². The largest absolute Gasteiger partial charge is 0.504 e. The summed E-state index contributed by atoms with van der Waals surface area (Å²) in [6.45, 7) is 2.74. The van der Waals surface area contributed by atoms with Crippen LogP contribution in [0.4, 0.5) is 11.7 Å². The van der Waals surface area contributed by atoms with Crippen LogP contribution in [0, 0.1) is 6.92 Å². The van der Waals surface area contributed by atoms with Crippen molar-refractivity contribution < 1.29 is 9.52 Å². The summed E-state index contributed by atoms with van der Waals surface area (Å²) in [4.78, 5) is 9.70. The van der Waals surface area contributed by atoms with Crippen LogP contribution in [-0.4, -0.2) is 16.3 Å². The number of aliphatic imine (C=N–C) groups is 1. The van der Waals surface area contributed by atoms with Gasteiger partial charge in [-0.2, -0.15) is 0 Å². The summed E-state index contributed by atoms with van der Waals surface area (Å²) >= 11 is 1.70. The number of anilines is 1. The average molecular weight is 337 g/mol. The molecule has 0 radical (unpaired) electrons. The molecule has 0 atom stereocenters. The van der Waals surface area contributed by atoms with Gasteiger partial charge in [0.2, 0.25) is 0 Å². The van der Waals surface area contributed by atoms with Gasteiger partial charge in [-0.1, -0.05) is 0 Å². The number of rotatable bonds is 4. The molecule has 120 valence electrons. The summed E-state index contributed by atoms with van der Waals surface area (Å²) in [5.41, 5.74) is 3.04. The van der Waals surface area contributed by atoms with Crippen molar-refractivity contribution in [3.05, 3.63) is 57.6 Å². The normalized spacial score (nSPS) is 14.3. The molecule has 0 spiro atoms. The monoisotopic (exact) mass is 337 g/mol. The highest BCUT2D eigenvalue weighted by Crippen LogP contribution is 2.34. The fourth-order valence-corrected chi connectivity index (χ4v) is 3.37. The minimum Gasteiger partial charge on any atom is -0.504 e. The van der Waals surface area contributed by atoms with Gasteiger partial charge < -0.3 is 14.8 Å². The molecule has 24 heavy (non-hydrogen) atoms. The molecule has 4 heterocycles. The predicted octanol–water partition coefficient (Wildman–Crippen LogP) is 4.62. The second-order valence-corrected chi connectivity index (χ2v) is 6.47. The Morgan fingerprint density at radius 1 is 1.38 bits per heavy atom. The first-order valence-electron chi connectivity index (χ1n) is 7.51. The number of nitrogens with one attached hydrogen (secondary N) is 1. The lowest BCUT2D eigenvalue weighted by molar-refractivity contribution is 0.455. The number of aromatic nitrogens is 1. The Hall–Kier alpha value is -2.86. The van der Waals surface area contributed by atoms with Gasteiger partial charge in [-0.3, -0.25) is 0 Å². The summed E-state index contributed by atoms with van der Waals surface area (Å²) in [6.07, 6.45) is 5.20. The summed E-state index contributed by atoms with van der Waals surface area (Å²) in [6, 6.07) is 7.48. The fraction of sp³-hybridized carbons (Fsp3) is 0.111. The minimum atomic E-state index is 0.0960. The molecule has 5 nitrogen and oxygen atoms in total. The van der Waals surface area contributed by atoms with Crippen molar-refractivity contribution in [3.8, 4) is 5.75 Å². The van der Waals surface area contributed by atoms with E-state index < -0.39 is 0 Å². The highest BCUT2D eigenvalue weighted by atomic mass is 32.1. The van der Waals surface area contributed by atoms with Crippen LogP contribution in [0.5, 0.6) is 5.75 Å². The van der Waals surface area contributed by atoms with Gasteiger partial charge in [0.05, 0.1) is 6.54 Å². The quantitative estimate of drug-likeness (QED) is 0.729. The molecule has 0 saturated heterocycles. The van der Waals surface area contributed by atoms with E-state index in [2.05, 4.69) is 33.7 Å². The van der Waals surface area contributed by atoms with Crippen LogP contribution in [0.15, 0.2) is 45.3 Å². The Balaban J connectivity index is 1.55. The van der Waals surface area contributed by atoms with E-state index in [0.717, 1.165) is 11.1 Å². The van der Waals surface area contributed by atoms with Gasteiger partial charge in [0.1, 0.15) is 0 Å². The van der Waals surface area contributed by atoms with Gasteiger partial charge >= 0.3 is 0 Å². The van der Waals surface area contributed by atoms with Gasteiger partial charge in [-0.25, -0.2) is 9.98 Å². The van der Waals surface area contributed by atoms with Crippen molar-refractivity contribution in [1.29, 1.82) is 0 Å². The van der Waals surface area contributed by atoms with E-state index in [9.17, 15) is 5.11 Å².